The van der Waals surface area contributed by atoms with Crippen molar-refractivity contribution in [1.82, 2.24) is 9.78 Å². The third kappa shape index (κ3) is 5.83. The molecule has 1 amide bonds. The second kappa shape index (κ2) is 9.18. The number of alkyl halides is 2. The minimum atomic E-state index is -4.23. The Labute approximate surface area is 175 Å². The van der Waals surface area contributed by atoms with Gasteiger partial charge in [-0.2, -0.15) is 5.10 Å². The fourth-order valence-corrected chi connectivity index (χ4v) is 3.51. The molecule has 3 rings (SSSR count). The van der Waals surface area contributed by atoms with E-state index in [4.69, 9.17) is 5.14 Å². The van der Waals surface area contributed by atoms with E-state index in [-0.39, 0.29) is 33.9 Å². The van der Waals surface area contributed by atoms with Crippen LogP contribution in [-0.2, 0) is 21.2 Å². The van der Waals surface area contributed by atoms with Crippen molar-refractivity contribution in [2.45, 2.75) is 17.7 Å². The lowest BCUT2D eigenvalue weighted by Crippen LogP contribution is -2.18. The summed E-state index contributed by atoms with van der Waals surface area (Å²) in [7, 11) is -4.23. The summed E-state index contributed by atoms with van der Waals surface area (Å²) in [5.74, 6) is -1.09. The topological polar surface area (TPSA) is 119 Å². The van der Waals surface area contributed by atoms with Gasteiger partial charge in [0.25, 0.3) is 6.43 Å². The Morgan fingerprint density at radius 3 is 2.58 bits per heavy atom. The van der Waals surface area contributed by atoms with E-state index in [1.807, 2.05) is 0 Å². The summed E-state index contributed by atoms with van der Waals surface area (Å²) in [5, 5.41) is 14.2. The zero-order chi connectivity index (χ0) is 22.6. The van der Waals surface area contributed by atoms with Crippen LogP contribution in [0.3, 0.4) is 0 Å². The van der Waals surface area contributed by atoms with Crippen molar-refractivity contribution in [3.8, 4) is 5.69 Å². The highest BCUT2D eigenvalue weighted by Crippen LogP contribution is 2.24. The molecule has 0 atom stereocenters. The summed E-state index contributed by atoms with van der Waals surface area (Å²) in [6, 6.07) is 9.68. The van der Waals surface area contributed by atoms with Gasteiger partial charge in [0.05, 0.1) is 36.7 Å². The van der Waals surface area contributed by atoms with Gasteiger partial charge in [-0.1, -0.05) is 18.2 Å². The fourth-order valence-electron chi connectivity index (χ4n) is 2.77. The van der Waals surface area contributed by atoms with Gasteiger partial charge in [0.15, 0.2) is 0 Å². The average molecular weight is 453 g/mol. The Hall–Kier alpha value is -3.38. The summed E-state index contributed by atoms with van der Waals surface area (Å²) in [4.78, 5) is 11.9. The van der Waals surface area contributed by atoms with Crippen molar-refractivity contribution < 1.29 is 26.4 Å². The number of hydrogen-bond donors (Lipinski definition) is 3. The standard InChI is InChI=1S/C19H18F3N5O3S/c20-15-4-2-1-3-12(15)7-19(28)26-13-5-6-16(17(8-13)31(23,29)30)27-11-14(9-25-27)24-10-18(21)22/h1-6,8-9,11,18,24H,7,10H2,(H,26,28)(H2,23,29,30). The Morgan fingerprint density at radius 2 is 1.90 bits per heavy atom. The molecule has 0 aliphatic carbocycles. The van der Waals surface area contributed by atoms with Gasteiger partial charge in [0, 0.05) is 5.69 Å². The van der Waals surface area contributed by atoms with E-state index in [0.717, 1.165) is 10.7 Å². The largest absolute Gasteiger partial charge is 0.377 e. The highest BCUT2D eigenvalue weighted by Gasteiger charge is 2.18. The number of halogens is 3. The van der Waals surface area contributed by atoms with Gasteiger partial charge in [0.2, 0.25) is 15.9 Å². The molecule has 0 saturated heterocycles. The minimum absolute atomic E-state index is 0.0553. The number of rotatable bonds is 8. The number of amides is 1. The van der Waals surface area contributed by atoms with Crippen molar-refractivity contribution in [3.05, 3.63) is 66.2 Å². The molecule has 4 N–H and O–H groups in total. The van der Waals surface area contributed by atoms with Crippen LogP contribution in [0.5, 0.6) is 0 Å². The SMILES string of the molecule is NS(=O)(=O)c1cc(NC(=O)Cc2ccccc2F)ccc1-n1cc(NCC(F)F)cn1. The summed E-state index contributed by atoms with van der Waals surface area (Å²) >= 11 is 0. The van der Waals surface area contributed by atoms with Gasteiger partial charge in [-0.25, -0.2) is 31.4 Å². The van der Waals surface area contributed by atoms with Crippen LogP contribution in [0.1, 0.15) is 5.56 Å². The number of sulfonamides is 1. The number of anilines is 2. The third-order valence-electron chi connectivity index (χ3n) is 4.15. The van der Waals surface area contributed by atoms with Crippen LogP contribution in [0.25, 0.3) is 5.69 Å². The van der Waals surface area contributed by atoms with Crippen LogP contribution in [0, 0.1) is 5.82 Å². The number of benzene rings is 2. The van der Waals surface area contributed by atoms with Crippen LogP contribution in [0.2, 0.25) is 0 Å². The first-order valence-electron chi connectivity index (χ1n) is 8.90. The molecule has 1 heterocycles. The second-order valence-electron chi connectivity index (χ2n) is 6.49. The molecule has 0 aliphatic rings. The average Bonchev–Trinajstić information content (AvgIpc) is 3.16. The quantitative estimate of drug-likeness (QED) is 0.484. The van der Waals surface area contributed by atoms with Crippen LogP contribution in [0.15, 0.2) is 59.8 Å². The lowest BCUT2D eigenvalue weighted by molar-refractivity contribution is -0.115. The summed E-state index contributed by atoms with van der Waals surface area (Å²) in [6.45, 7) is -0.597. The zero-order valence-corrected chi connectivity index (χ0v) is 16.7. The number of primary sulfonamides is 1. The molecule has 2 aromatic carbocycles. The maximum Gasteiger partial charge on any atom is 0.255 e. The minimum Gasteiger partial charge on any atom is -0.377 e. The highest BCUT2D eigenvalue weighted by atomic mass is 32.2. The van der Waals surface area contributed by atoms with Gasteiger partial charge in [-0.05, 0) is 29.8 Å². The predicted octanol–water partition coefficient (Wildman–Crippen LogP) is 2.52. The Kier molecular flexibility index (Phi) is 6.61. The molecule has 0 saturated carbocycles. The van der Waals surface area contributed by atoms with E-state index in [1.54, 1.807) is 6.07 Å². The van der Waals surface area contributed by atoms with Crippen molar-refractivity contribution in [3.63, 3.8) is 0 Å². The number of carbonyl (C=O) groups excluding carboxylic acids is 1. The van der Waals surface area contributed by atoms with E-state index in [2.05, 4.69) is 15.7 Å². The van der Waals surface area contributed by atoms with Gasteiger partial charge in [0.1, 0.15) is 10.7 Å². The van der Waals surface area contributed by atoms with Crippen LogP contribution >= 0.6 is 0 Å². The van der Waals surface area contributed by atoms with Crippen molar-refractivity contribution in [2.75, 3.05) is 17.2 Å². The summed E-state index contributed by atoms with van der Waals surface area (Å²) in [6.07, 6.45) is -0.254. The molecule has 0 spiro atoms. The Balaban J connectivity index is 1.84. The predicted molar refractivity (Wildman–Crippen MR) is 108 cm³/mol. The number of nitrogens with one attached hydrogen (secondary N) is 2. The third-order valence-corrected chi connectivity index (χ3v) is 5.09. The molecule has 8 nitrogen and oxygen atoms in total. The zero-order valence-electron chi connectivity index (χ0n) is 15.9. The second-order valence-corrected chi connectivity index (χ2v) is 8.02. The molecule has 31 heavy (non-hydrogen) atoms. The summed E-state index contributed by atoms with van der Waals surface area (Å²) < 4.78 is 63.7. The van der Waals surface area contributed by atoms with Crippen molar-refractivity contribution >= 4 is 27.3 Å². The molecule has 0 aliphatic heterocycles. The first-order chi connectivity index (χ1) is 14.6. The normalized spacial score (nSPS) is 11.5. The summed E-state index contributed by atoms with van der Waals surface area (Å²) in [5.41, 5.74) is 0.614. The molecule has 0 radical (unpaired) electrons. The van der Waals surface area contributed by atoms with Crippen molar-refractivity contribution in [1.29, 1.82) is 0 Å². The van der Waals surface area contributed by atoms with Crippen LogP contribution < -0.4 is 15.8 Å². The van der Waals surface area contributed by atoms with E-state index in [9.17, 15) is 26.4 Å². The molecule has 0 bridgehead atoms. The van der Waals surface area contributed by atoms with Gasteiger partial charge in [-0.3, -0.25) is 4.79 Å². The van der Waals surface area contributed by atoms with Gasteiger partial charge < -0.3 is 10.6 Å². The number of hydrogen-bond acceptors (Lipinski definition) is 5. The molecular formula is C19H18F3N5O3S. The van der Waals surface area contributed by atoms with Gasteiger partial charge in [-0.15, -0.1) is 0 Å². The Bertz CT molecular complexity index is 1200. The fraction of sp³-hybridized carbons (Fsp3) is 0.158. The number of carbonyl (C=O) groups is 1. The van der Waals surface area contributed by atoms with Gasteiger partial charge >= 0.3 is 0 Å². The lowest BCUT2D eigenvalue weighted by Gasteiger charge is -2.12. The van der Waals surface area contributed by atoms with E-state index in [1.165, 1.54) is 42.7 Å². The molecule has 0 unspecified atom stereocenters. The lowest BCUT2D eigenvalue weighted by atomic mass is 10.1. The monoisotopic (exact) mass is 453 g/mol. The first-order valence-corrected chi connectivity index (χ1v) is 10.5. The maximum atomic E-state index is 13.7. The molecular weight excluding hydrogens is 435 g/mol. The number of aromatic nitrogens is 2. The molecule has 1 aromatic heterocycles. The van der Waals surface area contributed by atoms with Crippen LogP contribution in [-0.4, -0.2) is 37.1 Å². The smallest absolute Gasteiger partial charge is 0.255 e. The molecule has 12 heteroatoms. The molecule has 3 aromatic rings. The number of nitrogens with zero attached hydrogens (tertiary/aromatic N) is 2. The molecule has 0 fully saturated rings. The van der Waals surface area contributed by atoms with Crippen LogP contribution in [0.4, 0.5) is 24.5 Å². The van der Waals surface area contributed by atoms with Crippen molar-refractivity contribution in [2.24, 2.45) is 5.14 Å². The maximum absolute atomic E-state index is 13.7. The van der Waals surface area contributed by atoms with E-state index in [0.29, 0.717) is 0 Å². The first kappa shape index (κ1) is 22.3. The van der Waals surface area contributed by atoms with E-state index < -0.39 is 34.7 Å². The molecule has 164 valence electrons. The van der Waals surface area contributed by atoms with E-state index >= 15 is 0 Å². The number of nitrogens with two attached hydrogens (primary N) is 1. The highest BCUT2D eigenvalue weighted by molar-refractivity contribution is 7.89. The Morgan fingerprint density at radius 1 is 1.16 bits per heavy atom.